The molecule has 0 aromatic heterocycles. The Kier molecular flexibility index (Phi) is 6.48. The summed E-state index contributed by atoms with van der Waals surface area (Å²) in [7, 11) is -3.58. The first kappa shape index (κ1) is 17.3. The Labute approximate surface area is 125 Å². The quantitative estimate of drug-likeness (QED) is 0.730. The lowest BCUT2D eigenvalue weighted by molar-refractivity contribution is -0.137. The Hall–Kier alpha value is -1.76. The van der Waals surface area contributed by atoms with Crippen molar-refractivity contribution in [2.45, 2.75) is 33.1 Å². The molecular formula is C14H21NO5S. The fourth-order valence-corrected chi connectivity index (χ4v) is 2.81. The SMILES string of the molecule is CCCOc1cc(C)ccc1NS(=O)(=O)CCCC(=O)O. The van der Waals surface area contributed by atoms with Crippen molar-refractivity contribution in [3.8, 4) is 5.75 Å². The van der Waals surface area contributed by atoms with E-state index in [-0.39, 0.29) is 18.6 Å². The Balaban J connectivity index is 2.78. The van der Waals surface area contributed by atoms with Gasteiger partial charge in [-0.25, -0.2) is 8.42 Å². The standard InChI is InChI=1S/C14H21NO5S/c1-3-8-20-13-10-11(2)6-7-12(13)15-21(18,19)9-4-5-14(16)17/h6-7,10,15H,3-5,8-9H2,1-2H3,(H,16,17). The third-order valence-electron chi connectivity index (χ3n) is 2.67. The predicted molar refractivity (Wildman–Crippen MR) is 81.2 cm³/mol. The number of rotatable bonds is 9. The minimum Gasteiger partial charge on any atom is -0.491 e. The molecule has 118 valence electrons. The summed E-state index contributed by atoms with van der Waals surface area (Å²) < 4.78 is 31.9. The van der Waals surface area contributed by atoms with Crippen molar-refractivity contribution < 1.29 is 23.1 Å². The summed E-state index contributed by atoms with van der Waals surface area (Å²) in [4.78, 5) is 10.4. The molecule has 1 rings (SSSR count). The summed E-state index contributed by atoms with van der Waals surface area (Å²) in [5, 5.41) is 8.54. The molecule has 0 saturated heterocycles. The highest BCUT2D eigenvalue weighted by atomic mass is 32.2. The predicted octanol–water partition coefficient (Wildman–Crippen LogP) is 2.39. The highest BCUT2D eigenvalue weighted by Gasteiger charge is 2.14. The van der Waals surface area contributed by atoms with Crippen LogP contribution in [-0.2, 0) is 14.8 Å². The van der Waals surface area contributed by atoms with Crippen molar-refractivity contribution in [3.63, 3.8) is 0 Å². The first-order valence-corrected chi connectivity index (χ1v) is 8.45. The maximum Gasteiger partial charge on any atom is 0.303 e. The zero-order chi connectivity index (χ0) is 15.9. The van der Waals surface area contributed by atoms with Crippen molar-refractivity contribution in [1.29, 1.82) is 0 Å². The third kappa shape index (κ3) is 6.48. The molecule has 1 aromatic carbocycles. The number of aliphatic carboxylic acids is 1. The van der Waals surface area contributed by atoms with Crippen LogP contribution in [0, 0.1) is 6.92 Å². The van der Waals surface area contributed by atoms with Crippen molar-refractivity contribution in [1.82, 2.24) is 0 Å². The van der Waals surface area contributed by atoms with E-state index in [1.807, 2.05) is 13.8 Å². The number of ether oxygens (including phenoxy) is 1. The smallest absolute Gasteiger partial charge is 0.303 e. The first-order chi connectivity index (χ1) is 9.84. The van der Waals surface area contributed by atoms with E-state index in [4.69, 9.17) is 9.84 Å². The van der Waals surface area contributed by atoms with Crippen LogP contribution in [0.2, 0.25) is 0 Å². The molecule has 0 saturated carbocycles. The zero-order valence-electron chi connectivity index (χ0n) is 12.3. The molecular weight excluding hydrogens is 294 g/mol. The van der Waals surface area contributed by atoms with E-state index in [2.05, 4.69) is 4.72 Å². The van der Waals surface area contributed by atoms with Gasteiger partial charge in [-0.2, -0.15) is 0 Å². The lowest BCUT2D eigenvalue weighted by atomic mass is 10.2. The molecule has 0 amide bonds. The third-order valence-corrected chi connectivity index (χ3v) is 4.03. The van der Waals surface area contributed by atoms with Crippen LogP contribution in [0.25, 0.3) is 0 Å². The second-order valence-corrected chi connectivity index (χ2v) is 6.61. The van der Waals surface area contributed by atoms with E-state index in [9.17, 15) is 13.2 Å². The van der Waals surface area contributed by atoms with Crippen LogP contribution in [0.1, 0.15) is 31.7 Å². The van der Waals surface area contributed by atoms with Crippen molar-refractivity contribution in [3.05, 3.63) is 23.8 Å². The Morgan fingerprint density at radius 1 is 1.38 bits per heavy atom. The lowest BCUT2D eigenvalue weighted by Crippen LogP contribution is -2.18. The minimum absolute atomic E-state index is 0.0711. The maximum atomic E-state index is 11.9. The van der Waals surface area contributed by atoms with Gasteiger partial charge in [0.05, 0.1) is 18.0 Å². The van der Waals surface area contributed by atoms with Crippen LogP contribution in [-0.4, -0.2) is 31.9 Å². The van der Waals surface area contributed by atoms with Crippen LogP contribution in [0.5, 0.6) is 5.75 Å². The van der Waals surface area contributed by atoms with Gasteiger partial charge in [-0.05, 0) is 37.5 Å². The molecule has 0 heterocycles. The summed E-state index contributed by atoms with van der Waals surface area (Å²) in [6.45, 7) is 4.35. The first-order valence-electron chi connectivity index (χ1n) is 6.80. The van der Waals surface area contributed by atoms with Gasteiger partial charge in [-0.15, -0.1) is 0 Å². The second-order valence-electron chi connectivity index (χ2n) is 4.77. The minimum atomic E-state index is -3.58. The van der Waals surface area contributed by atoms with Crippen molar-refractivity contribution >= 4 is 21.7 Å². The van der Waals surface area contributed by atoms with Crippen LogP contribution in [0.4, 0.5) is 5.69 Å². The molecule has 21 heavy (non-hydrogen) atoms. The fraction of sp³-hybridized carbons (Fsp3) is 0.500. The molecule has 7 heteroatoms. The van der Waals surface area contributed by atoms with Gasteiger partial charge >= 0.3 is 5.97 Å². The molecule has 0 spiro atoms. The molecule has 0 aliphatic heterocycles. The number of anilines is 1. The number of hydrogen-bond acceptors (Lipinski definition) is 4. The Morgan fingerprint density at radius 3 is 2.71 bits per heavy atom. The van der Waals surface area contributed by atoms with Crippen molar-refractivity contribution in [2.24, 2.45) is 0 Å². The van der Waals surface area contributed by atoms with Crippen LogP contribution in [0.15, 0.2) is 18.2 Å². The molecule has 0 bridgehead atoms. The van der Waals surface area contributed by atoms with Gasteiger partial charge in [0.25, 0.3) is 0 Å². The average molecular weight is 315 g/mol. The van der Waals surface area contributed by atoms with Crippen LogP contribution < -0.4 is 9.46 Å². The Morgan fingerprint density at radius 2 is 2.10 bits per heavy atom. The molecule has 6 nitrogen and oxygen atoms in total. The molecule has 0 fully saturated rings. The van der Waals surface area contributed by atoms with Gasteiger partial charge in [0.2, 0.25) is 10.0 Å². The van der Waals surface area contributed by atoms with Gasteiger partial charge in [0, 0.05) is 6.42 Å². The van der Waals surface area contributed by atoms with E-state index < -0.39 is 16.0 Å². The average Bonchev–Trinajstić information content (AvgIpc) is 2.38. The molecule has 0 aliphatic rings. The molecule has 1 aromatic rings. The van der Waals surface area contributed by atoms with Gasteiger partial charge < -0.3 is 9.84 Å². The fourth-order valence-electron chi connectivity index (χ4n) is 1.68. The summed E-state index contributed by atoms with van der Waals surface area (Å²) in [6.07, 6.45) is 0.717. The normalized spacial score (nSPS) is 11.1. The molecule has 0 atom stereocenters. The number of carboxylic acids is 1. The van der Waals surface area contributed by atoms with E-state index in [0.717, 1.165) is 12.0 Å². The molecule has 0 unspecified atom stereocenters. The lowest BCUT2D eigenvalue weighted by Gasteiger charge is -2.14. The summed E-state index contributed by atoms with van der Waals surface area (Å²) in [5.41, 5.74) is 1.35. The molecule has 2 N–H and O–H groups in total. The molecule has 0 radical (unpaired) electrons. The summed E-state index contributed by atoms with van der Waals surface area (Å²) >= 11 is 0. The highest BCUT2D eigenvalue weighted by molar-refractivity contribution is 7.92. The van der Waals surface area contributed by atoms with Gasteiger partial charge in [0.15, 0.2) is 0 Å². The number of aryl methyl sites for hydroxylation is 1. The summed E-state index contributed by atoms with van der Waals surface area (Å²) in [6, 6.07) is 5.20. The van der Waals surface area contributed by atoms with Gasteiger partial charge in [0.1, 0.15) is 5.75 Å². The van der Waals surface area contributed by atoms with Gasteiger partial charge in [-0.1, -0.05) is 13.0 Å². The number of carbonyl (C=O) groups is 1. The van der Waals surface area contributed by atoms with E-state index in [1.165, 1.54) is 0 Å². The number of benzene rings is 1. The van der Waals surface area contributed by atoms with E-state index >= 15 is 0 Å². The van der Waals surface area contributed by atoms with Crippen LogP contribution in [0.3, 0.4) is 0 Å². The number of carboxylic acid groups (broad SMARTS) is 1. The van der Waals surface area contributed by atoms with Crippen LogP contribution >= 0.6 is 0 Å². The number of sulfonamides is 1. The number of nitrogens with one attached hydrogen (secondary N) is 1. The largest absolute Gasteiger partial charge is 0.491 e. The molecule has 0 aliphatic carbocycles. The second kappa shape index (κ2) is 7.87. The topological polar surface area (TPSA) is 92.7 Å². The Bertz CT molecular complexity index is 583. The highest BCUT2D eigenvalue weighted by Crippen LogP contribution is 2.27. The van der Waals surface area contributed by atoms with Crippen molar-refractivity contribution in [2.75, 3.05) is 17.1 Å². The summed E-state index contributed by atoms with van der Waals surface area (Å²) in [5.74, 6) is -0.758. The number of hydrogen-bond donors (Lipinski definition) is 2. The monoisotopic (exact) mass is 315 g/mol. The van der Waals surface area contributed by atoms with E-state index in [1.54, 1.807) is 18.2 Å². The zero-order valence-corrected chi connectivity index (χ0v) is 13.1. The maximum absolute atomic E-state index is 11.9. The van der Waals surface area contributed by atoms with E-state index in [0.29, 0.717) is 18.0 Å². The van der Waals surface area contributed by atoms with Gasteiger partial charge in [-0.3, -0.25) is 9.52 Å².